The second-order valence-electron chi connectivity index (χ2n) is 3.83. The van der Waals surface area contributed by atoms with Crippen molar-refractivity contribution in [1.82, 2.24) is 15.1 Å². The van der Waals surface area contributed by atoms with Crippen LogP contribution < -0.4 is 5.32 Å². The summed E-state index contributed by atoms with van der Waals surface area (Å²) in [7, 11) is 1.97. The molecule has 0 radical (unpaired) electrons. The van der Waals surface area contributed by atoms with Crippen LogP contribution in [0.1, 0.15) is 18.9 Å². The largest absolute Gasteiger partial charge is 0.313 e. The van der Waals surface area contributed by atoms with Gasteiger partial charge in [0.25, 0.3) is 0 Å². The van der Waals surface area contributed by atoms with E-state index in [0.717, 1.165) is 25.2 Å². The highest BCUT2D eigenvalue weighted by atomic mass is 32.1. The summed E-state index contributed by atoms with van der Waals surface area (Å²) in [6.45, 7) is 4.13. The Morgan fingerprint density at radius 3 is 3.06 bits per heavy atom. The number of thiophene rings is 1. The van der Waals surface area contributed by atoms with E-state index in [-0.39, 0.29) is 0 Å². The van der Waals surface area contributed by atoms with Gasteiger partial charge in [0, 0.05) is 25.4 Å². The van der Waals surface area contributed by atoms with Crippen LogP contribution in [0.5, 0.6) is 0 Å². The zero-order valence-electron chi connectivity index (χ0n) is 9.73. The molecule has 0 saturated carbocycles. The number of nitrogens with zero attached hydrogens (tertiary/aromatic N) is 2. The monoisotopic (exact) mass is 235 g/mol. The minimum Gasteiger partial charge on any atom is -0.313 e. The summed E-state index contributed by atoms with van der Waals surface area (Å²) in [4.78, 5) is 1.24. The van der Waals surface area contributed by atoms with E-state index in [1.807, 2.05) is 11.7 Å². The van der Waals surface area contributed by atoms with Crippen molar-refractivity contribution in [3.8, 4) is 10.6 Å². The lowest BCUT2D eigenvalue weighted by Crippen LogP contribution is -2.13. The van der Waals surface area contributed by atoms with E-state index in [4.69, 9.17) is 0 Å². The Balaban J connectivity index is 2.17. The van der Waals surface area contributed by atoms with Gasteiger partial charge in [-0.15, -0.1) is 11.3 Å². The van der Waals surface area contributed by atoms with Gasteiger partial charge in [-0.3, -0.25) is 4.68 Å². The van der Waals surface area contributed by atoms with Crippen molar-refractivity contribution in [3.63, 3.8) is 0 Å². The lowest BCUT2D eigenvalue weighted by molar-refractivity contribution is 0.675. The van der Waals surface area contributed by atoms with Crippen molar-refractivity contribution in [2.45, 2.75) is 19.9 Å². The van der Waals surface area contributed by atoms with Gasteiger partial charge in [0.05, 0.1) is 4.88 Å². The first kappa shape index (κ1) is 11.4. The van der Waals surface area contributed by atoms with E-state index < -0.39 is 0 Å². The van der Waals surface area contributed by atoms with Gasteiger partial charge in [-0.1, -0.05) is 13.0 Å². The molecule has 0 aliphatic rings. The van der Waals surface area contributed by atoms with Crippen LogP contribution in [0.4, 0.5) is 0 Å². The topological polar surface area (TPSA) is 29.9 Å². The zero-order valence-corrected chi connectivity index (χ0v) is 10.5. The van der Waals surface area contributed by atoms with E-state index in [0.29, 0.717) is 0 Å². The van der Waals surface area contributed by atoms with Gasteiger partial charge in [-0.05, 0) is 24.4 Å². The van der Waals surface area contributed by atoms with Gasteiger partial charge >= 0.3 is 0 Å². The van der Waals surface area contributed by atoms with E-state index in [1.54, 1.807) is 11.3 Å². The number of aromatic nitrogens is 2. The smallest absolute Gasteiger partial charge is 0.107 e. The van der Waals surface area contributed by atoms with Gasteiger partial charge in [0.2, 0.25) is 0 Å². The maximum atomic E-state index is 4.52. The predicted octanol–water partition coefficient (Wildman–Crippen LogP) is 2.65. The van der Waals surface area contributed by atoms with Gasteiger partial charge in [-0.2, -0.15) is 5.10 Å². The molecule has 0 bridgehead atoms. The summed E-state index contributed by atoms with van der Waals surface area (Å²) in [5, 5.41) is 10.0. The highest BCUT2D eigenvalue weighted by Crippen LogP contribution is 2.26. The molecule has 0 aliphatic carbocycles. The van der Waals surface area contributed by atoms with Crippen molar-refractivity contribution in [2.24, 2.45) is 7.05 Å². The molecule has 2 heterocycles. The number of hydrogen-bond donors (Lipinski definition) is 1. The van der Waals surface area contributed by atoms with Gasteiger partial charge in [0.15, 0.2) is 0 Å². The third kappa shape index (κ3) is 2.51. The van der Waals surface area contributed by atoms with Crippen LogP contribution in [0, 0.1) is 0 Å². The lowest BCUT2D eigenvalue weighted by atomic mass is 10.2. The zero-order chi connectivity index (χ0) is 11.4. The average molecular weight is 235 g/mol. The number of rotatable bonds is 5. The van der Waals surface area contributed by atoms with Gasteiger partial charge in [0.1, 0.15) is 5.69 Å². The third-order valence-corrected chi connectivity index (χ3v) is 3.28. The van der Waals surface area contributed by atoms with E-state index >= 15 is 0 Å². The molecule has 2 aromatic rings. The van der Waals surface area contributed by atoms with E-state index in [2.05, 4.69) is 41.0 Å². The molecule has 0 unspecified atom stereocenters. The molecule has 0 atom stereocenters. The van der Waals surface area contributed by atoms with Gasteiger partial charge in [-0.25, -0.2) is 0 Å². The molecule has 0 saturated heterocycles. The van der Waals surface area contributed by atoms with Crippen LogP contribution in [0.3, 0.4) is 0 Å². The maximum Gasteiger partial charge on any atom is 0.107 e. The van der Waals surface area contributed by atoms with Crippen LogP contribution in [-0.2, 0) is 13.6 Å². The van der Waals surface area contributed by atoms with E-state index in [9.17, 15) is 0 Å². The SMILES string of the molecule is CCCNCc1cn(C)nc1-c1cccs1. The fourth-order valence-electron chi connectivity index (χ4n) is 1.69. The molecule has 1 N–H and O–H groups in total. The molecule has 0 fully saturated rings. The Morgan fingerprint density at radius 2 is 2.38 bits per heavy atom. The summed E-state index contributed by atoms with van der Waals surface area (Å²) >= 11 is 1.74. The lowest BCUT2D eigenvalue weighted by Gasteiger charge is -2.01. The van der Waals surface area contributed by atoms with E-state index in [1.165, 1.54) is 10.4 Å². The van der Waals surface area contributed by atoms with Crippen molar-refractivity contribution in [1.29, 1.82) is 0 Å². The Kier molecular flexibility index (Phi) is 3.74. The van der Waals surface area contributed by atoms with Crippen molar-refractivity contribution in [3.05, 3.63) is 29.3 Å². The molecular weight excluding hydrogens is 218 g/mol. The molecular formula is C12H17N3S. The summed E-state index contributed by atoms with van der Waals surface area (Å²) in [6.07, 6.45) is 3.26. The highest BCUT2D eigenvalue weighted by Gasteiger charge is 2.10. The van der Waals surface area contributed by atoms with Gasteiger partial charge < -0.3 is 5.32 Å². The van der Waals surface area contributed by atoms with Crippen LogP contribution in [0.15, 0.2) is 23.7 Å². The minimum atomic E-state index is 0.898. The fourth-order valence-corrected chi connectivity index (χ4v) is 2.43. The Morgan fingerprint density at radius 1 is 1.50 bits per heavy atom. The quantitative estimate of drug-likeness (QED) is 0.807. The fraction of sp³-hybridized carbons (Fsp3) is 0.417. The summed E-state index contributed by atoms with van der Waals surface area (Å²) < 4.78 is 1.89. The highest BCUT2D eigenvalue weighted by molar-refractivity contribution is 7.13. The third-order valence-electron chi connectivity index (χ3n) is 2.40. The van der Waals surface area contributed by atoms with Crippen LogP contribution in [0.2, 0.25) is 0 Å². The standard InChI is InChI=1S/C12H17N3S/c1-3-6-13-8-10-9-15(2)14-12(10)11-5-4-7-16-11/h4-5,7,9,13H,3,6,8H2,1-2H3. The Bertz CT molecular complexity index is 431. The molecule has 0 aromatic carbocycles. The molecule has 3 nitrogen and oxygen atoms in total. The molecule has 0 amide bonds. The molecule has 0 aliphatic heterocycles. The molecule has 2 aromatic heterocycles. The van der Waals surface area contributed by atoms with Crippen LogP contribution in [0.25, 0.3) is 10.6 Å². The Hall–Kier alpha value is -1.13. The van der Waals surface area contributed by atoms with Crippen molar-refractivity contribution >= 4 is 11.3 Å². The number of aryl methyl sites for hydroxylation is 1. The predicted molar refractivity (Wildman–Crippen MR) is 68.5 cm³/mol. The van der Waals surface area contributed by atoms with Crippen molar-refractivity contribution < 1.29 is 0 Å². The number of nitrogens with one attached hydrogen (secondary N) is 1. The average Bonchev–Trinajstić information content (AvgIpc) is 2.87. The molecule has 86 valence electrons. The molecule has 4 heteroatoms. The Labute approximate surface area is 100 Å². The van der Waals surface area contributed by atoms with Crippen LogP contribution in [-0.4, -0.2) is 16.3 Å². The van der Waals surface area contributed by atoms with Crippen molar-refractivity contribution in [2.75, 3.05) is 6.54 Å². The second kappa shape index (κ2) is 5.27. The first-order chi connectivity index (χ1) is 7.81. The molecule has 0 spiro atoms. The second-order valence-corrected chi connectivity index (χ2v) is 4.78. The summed E-state index contributed by atoms with van der Waals surface area (Å²) in [5.41, 5.74) is 2.39. The first-order valence-electron chi connectivity index (χ1n) is 5.58. The summed E-state index contributed by atoms with van der Waals surface area (Å²) in [6, 6.07) is 4.19. The number of hydrogen-bond acceptors (Lipinski definition) is 3. The first-order valence-corrected chi connectivity index (χ1v) is 6.46. The molecule has 2 rings (SSSR count). The normalized spacial score (nSPS) is 10.9. The van der Waals surface area contributed by atoms with Crippen LogP contribution >= 0.6 is 11.3 Å². The summed E-state index contributed by atoms with van der Waals surface area (Å²) in [5.74, 6) is 0. The maximum absolute atomic E-state index is 4.52. The minimum absolute atomic E-state index is 0.898. The molecule has 16 heavy (non-hydrogen) atoms.